The van der Waals surface area contributed by atoms with Gasteiger partial charge in [-0.2, -0.15) is 0 Å². The zero-order chi connectivity index (χ0) is 16.8. The van der Waals surface area contributed by atoms with Crippen LogP contribution in [-0.2, 0) is 0 Å². The van der Waals surface area contributed by atoms with Crippen molar-refractivity contribution in [2.45, 2.75) is 30.2 Å². The Morgan fingerprint density at radius 3 is 2.79 bits per heavy atom. The molecule has 2 atom stereocenters. The van der Waals surface area contributed by atoms with Crippen LogP contribution in [0.15, 0.2) is 40.2 Å². The minimum Gasteiger partial charge on any atom is -0.355 e. The number of aliphatic imine (C=N–C) groups is 1. The molecule has 0 saturated carbocycles. The molecule has 2 saturated heterocycles. The summed E-state index contributed by atoms with van der Waals surface area (Å²) in [5.74, 6) is 3.04. The molecule has 4 nitrogen and oxygen atoms in total. The minimum atomic E-state index is 0.661. The van der Waals surface area contributed by atoms with Crippen molar-refractivity contribution in [3.63, 3.8) is 0 Å². The predicted octanol–water partition coefficient (Wildman–Crippen LogP) is 2.77. The van der Waals surface area contributed by atoms with E-state index in [4.69, 9.17) is 0 Å². The Balaban J connectivity index is 1.43. The van der Waals surface area contributed by atoms with Crippen LogP contribution in [0.3, 0.4) is 0 Å². The van der Waals surface area contributed by atoms with E-state index in [1.54, 1.807) is 0 Å². The number of likely N-dealkylation sites (tertiary alicyclic amines) is 2. The summed E-state index contributed by atoms with van der Waals surface area (Å²) in [7, 11) is 4.14. The van der Waals surface area contributed by atoms with Gasteiger partial charge < -0.3 is 15.1 Å². The van der Waals surface area contributed by atoms with Crippen molar-refractivity contribution in [1.82, 2.24) is 15.1 Å². The number of thioether (sulfide) groups is 1. The second-order valence-electron chi connectivity index (χ2n) is 6.93. The van der Waals surface area contributed by atoms with Gasteiger partial charge in [-0.25, -0.2) is 0 Å². The van der Waals surface area contributed by atoms with Gasteiger partial charge in [0, 0.05) is 43.4 Å². The molecule has 0 radical (unpaired) electrons. The smallest absolute Gasteiger partial charge is 0.193 e. The van der Waals surface area contributed by atoms with Crippen LogP contribution < -0.4 is 5.32 Å². The molecule has 0 spiro atoms. The van der Waals surface area contributed by atoms with Crippen molar-refractivity contribution < 1.29 is 0 Å². The molecule has 1 N–H and O–H groups in total. The highest BCUT2D eigenvalue weighted by atomic mass is 32.2. The highest BCUT2D eigenvalue weighted by Crippen LogP contribution is 2.25. The van der Waals surface area contributed by atoms with E-state index in [2.05, 4.69) is 57.5 Å². The molecule has 0 aromatic heterocycles. The van der Waals surface area contributed by atoms with Gasteiger partial charge in [-0.05, 0) is 50.9 Å². The fourth-order valence-corrected chi connectivity index (χ4v) is 4.72. The van der Waals surface area contributed by atoms with Crippen LogP contribution in [0.4, 0.5) is 0 Å². The average molecular weight is 347 g/mol. The number of rotatable bonds is 5. The lowest BCUT2D eigenvalue weighted by Gasteiger charge is -2.25. The fourth-order valence-electron chi connectivity index (χ4n) is 3.67. The zero-order valence-corrected chi connectivity index (χ0v) is 15.8. The third kappa shape index (κ3) is 4.67. The van der Waals surface area contributed by atoms with Crippen molar-refractivity contribution in [3.8, 4) is 0 Å². The molecule has 5 heteroatoms. The van der Waals surface area contributed by atoms with Gasteiger partial charge in [0.15, 0.2) is 5.96 Å². The quantitative estimate of drug-likeness (QED) is 0.505. The van der Waals surface area contributed by atoms with Gasteiger partial charge in [0.2, 0.25) is 0 Å². The number of likely N-dealkylation sites (N-methyl/N-ethyl adjacent to an activating group) is 1. The van der Waals surface area contributed by atoms with Gasteiger partial charge in [0.05, 0.1) is 0 Å². The highest BCUT2D eigenvalue weighted by Gasteiger charge is 2.26. The largest absolute Gasteiger partial charge is 0.355 e. The Labute approximate surface area is 150 Å². The van der Waals surface area contributed by atoms with Crippen molar-refractivity contribution in [1.29, 1.82) is 0 Å². The Kier molecular flexibility index (Phi) is 6.44. The lowest BCUT2D eigenvalue weighted by Crippen LogP contribution is -2.45. The first-order chi connectivity index (χ1) is 11.8. The molecule has 3 rings (SSSR count). The van der Waals surface area contributed by atoms with Gasteiger partial charge in [0.1, 0.15) is 0 Å². The summed E-state index contributed by atoms with van der Waals surface area (Å²) in [5.41, 5.74) is 0. The number of guanidine groups is 1. The lowest BCUT2D eigenvalue weighted by atomic mass is 10.2. The first-order valence-electron chi connectivity index (χ1n) is 9.10. The number of hydrogen-bond donors (Lipinski definition) is 1. The van der Waals surface area contributed by atoms with Gasteiger partial charge in [0.25, 0.3) is 0 Å². The first-order valence-corrected chi connectivity index (χ1v) is 10.1. The molecule has 0 amide bonds. The standard InChI is InChI=1S/C19H30N4S/c1-20-19(21-13-17-7-6-11-22(17)2)23-12-10-16(14-23)15-24-18-8-4-3-5-9-18/h3-5,8-9,16-17H,6-7,10-15H2,1-2H3,(H,20,21). The molecule has 2 heterocycles. The van der Waals surface area contributed by atoms with Crippen LogP contribution >= 0.6 is 11.8 Å². The van der Waals surface area contributed by atoms with Crippen LogP contribution in [-0.4, -0.2) is 67.8 Å². The topological polar surface area (TPSA) is 30.9 Å². The van der Waals surface area contributed by atoms with E-state index in [0.29, 0.717) is 6.04 Å². The van der Waals surface area contributed by atoms with Crippen molar-refractivity contribution in [2.24, 2.45) is 10.9 Å². The third-order valence-electron chi connectivity index (χ3n) is 5.19. The van der Waals surface area contributed by atoms with E-state index in [9.17, 15) is 0 Å². The maximum absolute atomic E-state index is 4.51. The van der Waals surface area contributed by atoms with Gasteiger partial charge in [-0.15, -0.1) is 11.8 Å². The molecule has 2 aliphatic heterocycles. The Morgan fingerprint density at radius 1 is 1.25 bits per heavy atom. The van der Waals surface area contributed by atoms with Crippen LogP contribution in [0.5, 0.6) is 0 Å². The molecule has 0 aliphatic carbocycles. The van der Waals surface area contributed by atoms with E-state index in [1.165, 1.54) is 36.5 Å². The third-order valence-corrected chi connectivity index (χ3v) is 6.44. The first kappa shape index (κ1) is 17.6. The Morgan fingerprint density at radius 2 is 2.08 bits per heavy atom. The zero-order valence-electron chi connectivity index (χ0n) is 14.9. The molecule has 0 bridgehead atoms. The normalized spacial score (nSPS) is 25.4. The van der Waals surface area contributed by atoms with Gasteiger partial charge in [-0.3, -0.25) is 4.99 Å². The summed E-state index contributed by atoms with van der Waals surface area (Å²) < 4.78 is 0. The molecule has 24 heavy (non-hydrogen) atoms. The lowest BCUT2D eigenvalue weighted by molar-refractivity contribution is 0.307. The van der Waals surface area contributed by atoms with E-state index in [0.717, 1.165) is 31.5 Å². The predicted molar refractivity (Wildman–Crippen MR) is 104 cm³/mol. The molecule has 2 fully saturated rings. The summed E-state index contributed by atoms with van der Waals surface area (Å²) in [6.45, 7) is 4.50. The summed E-state index contributed by atoms with van der Waals surface area (Å²) in [6.07, 6.45) is 3.89. The SMILES string of the molecule is CN=C(NCC1CCCN1C)N1CCC(CSc2ccccc2)C1. The fraction of sp³-hybridized carbons (Fsp3) is 0.632. The second-order valence-corrected chi connectivity index (χ2v) is 8.02. The van der Waals surface area contributed by atoms with Crippen LogP contribution in [0.1, 0.15) is 19.3 Å². The van der Waals surface area contributed by atoms with Gasteiger partial charge in [-0.1, -0.05) is 18.2 Å². The Bertz CT molecular complexity index is 533. The molecule has 1 aromatic rings. The maximum atomic E-state index is 4.51. The molecule has 2 aliphatic rings. The second kappa shape index (κ2) is 8.77. The monoisotopic (exact) mass is 346 g/mol. The maximum Gasteiger partial charge on any atom is 0.193 e. The van der Waals surface area contributed by atoms with Crippen molar-refractivity contribution in [3.05, 3.63) is 30.3 Å². The van der Waals surface area contributed by atoms with Crippen LogP contribution in [0.2, 0.25) is 0 Å². The molecular weight excluding hydrogens is 316 g/mol. The van der Waals surface area contributed by atoms with Crippen molar-refractivity contribution >= 4 is 17.7 Å². The van der Waals surface area contributed by atoms with E-state index < -0.39 is 0 Å². The summed E-state index contributed by atoms with van der Waals surface area (Å²) in [5, 5.41) is 3.61. The molecule has 1 aromatic carbocycles. The van der Waals surface area contributed by atoms with Crippen molar-refractivity contribution in [2.75, 3.05) is 46.0 Å². The molecular formula is C19H30N4S. The molecule has 2 unspecified atom stereocenters. The summed E-state index contributed by atoms with van der Waals surface area (Å²) >= 11 is 1.98. The summed E-state index contributed by atoms with van der Waals surface area (Å²) in [4.78, 5) is 10.8. The number of nitrogens with zero attached hydrogens (tertiary/aromatic N) is 3. The Hall–Kier alpha value is -1.20. The molecule has 132 valence electrons. The number of benzene rings is 1. The average Bonchev–Trinajstić information content (AvgIpc) is 3.24. The minimum absolute atomic E-state index is 0.661. The van der Waals surface area contributed by atoms with Gasteiger partial charge >= 0.3 is 0 Å². The van der Waals surface area contributed by atoms with Crippen LogP contribution in [0, 0.1) is 5.92 Å². The van der Waals surface area contributed by atoms with E-state index in [-0.39, 0.29) is 0 Å². The number of hydrogen-bond acceptors (Lipinski definition) is 3. The summed E-state index contributed by atoms with van der Waals surface area (Å²) in [6, 6.07) is 11.4. The van der Waals surface area contributed by atoms with E-state index >= 15 is 0 Å². The van der Waals surface area contributed by atoms with Crippen LogP contribution in [0.25, 0.3) is 0 Å². The van der Waals surface area contributed by atoms with E-state index in [1.807, 2.05) is 18.8 Å². The number of nitrogens with one attached hydrogen (secondary N) is 1. The highest BCUT2D eigenvalue weighted by molar-refractivity contribution is 7.99.